The van der Waals surface area contributed by atoms with Crippen molar-refractivity contribution < 1.29 is 28.7 Å². The number of imide groups is 2. The van der Waals surface area contributed by atoms with Crippen molar-refractivity contribution in [2.45, 2.75) is 51.7 Å². The number of benzene rings is 2. The van der Waals surface area contributed by atoms with Crippen LogP contribution in [0, 0.1) is 5.92 Å². The van der Waals surface area contributed by atoms with E-state index in [4.69, 9.17) is 21.3 Å². The zero-order valence-electron chi connectivity index (χ0n) is 32.5. The Morgan fingerprint density at radius 1 is 0.931 bits per heavy atom. The number of ketones is 1. The molecule has 4 aliphatic rings. The summed E-state index contributed by atoms with van der Waals surface area (Å²) in [5.74, 6) is -0.540. The van der Waals surface area contributed by atoms with Crippen LogP contribution in [0.1, 0.15) is 60.2 Å². The zero-order chi connectivity index (χ0) is 40.8. The number of hydrogen-bond acceptors (Lipinski definition) is 13. The number of halogens is 1. The summed E-state index contributed by atoms with van der Waals surface area (Å²) in [6.07, 6.45) is 3.02. The molecule has 0 spiro atoms. The molecular formula is C41H44ClN9O7. The maximum absolute atomic E-state index is 13.3. The second-order valence-corrected chi connectivity index (χ2v) is 15.8. The monoisotopic (exact) mass is 809 g/mol. The molecule has 0 radical (unpaired) electrons. The van der Waals surface area contributed by atoms with Crippen LogP contribution < -0.4 is 30.7 Å². The number of fused-ring (bicyclic) bond motifs is 2. The predicted octanol–water partition coefficient (Wildman–Crippen LogP) is 3.52. The van der Waals surface area contributed by atoms with Crippen LogP contribution >= 0.6 is 11.6 Å². The normalized spacial score (nSPS) is 19.7. The lowest BCUT2D eigenvalue weighted by Crippen LogP contribution is -2.54. The molecule has 16 nitrogen and oxygen atoms in total. The Labute approximate surface area is 339 Å². The topological polar surface area (TPSA) is 179 Å². The Bertz CT molecular complexity index is 2410. The second kappa shape index (κ2) is 15.8. The quantitative estimate of drug-likeness (QED) is 0.223. The molecule has 3 saturated heterocycles. The van der Waals surface area contributed by atoms with E-state index in [1.165, 1.54) is 11.5 Å². The molecule has 17 heteroatoms. The lowest BCUT2D eigenvalue weighted by Gasteiger charge is -2.39. The fourth-order valence-corrected chi connectivity index (χ4v) is 8.29. The Balaban J connectivity index is 0.846. The van der Waals surface area contributed by atoms with Crippen molar-refractivity contribution in [2.24, 2.45) is 13.0 Å². The average molecular weight is 810 g/mol. The van der Waals surface area contributed by atoms with Gasteiger partial charge in [0.15, 0.2) is 23.5 Å². The van der Waals surface area contributed by atoms with Crippen LogP contribution in [0.5, 0.6) is 5.75 Å². The number of nitrogens with zero attached hydrogens (tertiary/aromatic N) is 7. The number of aromatic nitrogens is 3. The van der Waals surface area contributed by atoms with Crippen molar-refractivity contribution in [3.8, 4) is 5.75 Å². The summed E-state index contributed by atoms with van der Waals surface area (Å²) in [6, 6.07) is 11.5. The molecule has 2 atom stereocenters. The minimum atomic E-state index is -0.986. The highest BCUT2D eigenvalue weighted by Gasteiger charge is 2.45. The van der Waals surface area contributed by atoms with Crippen LogP contribution in [0.3, 0.4) is 0 Å². The van der Waals surface area contributed by atoms with Gasteiger partial charge in [0.2, 0.25) is 17.8 Å². The highest BCUT2D eigenvalue weighted by Crippen LogP contribution is 2.33. The highest BCUT2D eigenvalue weighted by molar-refractivity contribution is 6.33. The molecule has 2 aromatic heterocycles. The van der Waals surface area contributed by atoms with Crippen molar-refractivity contribution in [1.29, 1.82) is 0 Å². The number of piperidine rings is 2. The standard InChI is InChI=1S/C41H44ClN9O7/c1-23(52)24(2)58-34-19-26-18-27(4-7-32(26)47(3)40(34)57)44-36-31(42)21-43-41(46-36)50-12-10-25(11-13-50)22-48-14-16-49(17-15-48)28-5-6-29-30(20-28)39(56)51(38(29)55)33-8-9-35(53)45-37(33)54/h4-7,18-21,24-25,33H,8-17,22H2,1-3H3,(H,43,44,46)(H,45,53,54)/t24-,33-/m1/s1. The fraction of sp³-hybridized carbons (Fsp3) is 0.415. The SMILES string of the molecule is CC(=O)[C@@H](C)Oc1cc2cc(Nc3nc(N4CCC(CN5CCN(c6ccc7c(c6)C(=O)N([C@@H]6CCC(=O)NC6=O)C7=O)CC5)CC4)ncc3Cl)ccc2n(C)c1=O. The molecule has 302 valence electrons. The summed E-state index contributed by atoms with van der Waals surface area (Å²) >= 11 is 6.56. The molecular weight excluding hydrogens is 766 g/mol. The number of aryl methyl sites for hydroxylation is 1. The first-order chi connectivity index (χ1) is 27.8. The van der Waals surface area contributed by atoms with Gasteiger partial charge in [-0.1, -0.05) is 11.6 Å². The second-order valence-electron chi connectivity index (χ2n) is 15.4. The molecule has 4 aromatic rings. The third kappa shape index (κ3) is 7.61. The number of pyridine rings is 1. The molecule has 2 N–H and O–H groups in total. The largest absolute Gasteiger partial charge is 0.477 e. The van der Waals surface area contributed by atoms with Crippen LogP contribution in [-0.2, 0) is 21.4 Å². The van der Waals surface area contributed by atoms with E-state index in [0.29, 0.717) is 39.5 Å². The summed E-state index contributed by atoms with van der Waals surface area (Å²) < 4.78 is 7.17. The molecule has 0 unspecified atom stereocenters. The number of carbonyl (C=O) groups is 5. The van der Waals surface area contributed by atoms with Gasteiger partial charge in [-0.15, -0.1) is 0 Å². The van der Waals surface area contributed by atoms with Gasteiger partial charge in [0, 0.05) is 76.0 Å². The molecule has 0 bridgehead atoms. The van der Waals surface area contributed by atoms with Crippen LogP contribution in [0.4, 0.5) is 23.1 Å². The van der Waals surface area contributed by atoms with E-state index in [0.717, 1.165) is 74.6 Å². The van der Waals surface area contributed by atoms with Gasteiger partial charge in [0.05, 0.1) is 22.8 Å². The van der Waals surface area contributed by atoms with Crippen LogP contribution in [0.15, 0.2) is 53.5 Å². The number of rotatable bonds is 10. The highest BCUT2D eigenvalue weighted by atomic mass is 35.5. The molecule has 2 aromatic carbocycles. The summed E-state index contributed by atoms with van der Waals surface area (Å²) in [7, 11) is 1.66. The first-order valence-electron chi connectivity index (χ1n) is 19.5. The Kier molecular flexibility index (Phi) is 10.6. The smallest absolute Gasteiger partial charge is 0.293 e. The van der Waals surface area contributed by atoms with E-state index in [9.17, 15) is 28.8 Å². The molecule has 0 aliphatic carbocycles. The predicted molar refractivity (Wildman–Crippen MR) is 217 cm³/mol. The van der Waals surface area contributed by atoms with Crippen LogP contribution in [0.25, 0.3) is 10.9 Å². The molecule has 58 heavy (non-hydrogen) atoms. The summed E-state index contributed by atoms with van der Waals surface area (Å²) in [5, 5.41) is 6.65. The van der Waals surface area contributed by atoms with E-state index in [2.05, 4.69) is 30.3 Å². The summed E-state index contributed by atoms with van der Waals surface area (Å²) in [6.45, 7) is 8.87. The first-order valence-corrected chi connectivity index (χ1v) is 19.9. The lowest BCUT2D eigenvalue weighted by atomic mass is 9.96. The maximum Gasteiger partial charge on any atom is 0.293 e. The number of Topliss-reactive ketones (excluding diaryl/α,β-unsaturated/α-hetero) is 1. The molecule has 3 fully saturated rings. The van der Waals surface area contributed by atoms with Gasteiger partial charge >= 0.3 is 0 Å². The Hall–Kier alpha value is -5.87. The number of amides is 4. The van der Waals surface area contributed by atoms with E-state index in [1.807, 2.05) is 24.3 Å². The van der Waals surface area contributed by atoms with Gasteiger partial charge in [0.25, 0.3) is 17.4 Å². The third-order valence-corrected chi connectivity index (χ3v) is 11.9. The van der Waals surface area contributed by atoms with Crippen LogP contribution in [-0.4, -0.2) is 112 Å². The van der Waals surface area contributed by atoms with Crippen molar-refractivity contribution in [2.75, 3.05) is 60.9 Å². The number of anilines is 4. The molecule has 4 amide bonds. The van der Waals surface area contributed by atoms with Crippen molar-refractivity contribution in [3.05, 3.63) is 75.2 Å². The van der Waals surface area contributed by atoms with Gasteiger partial charge in [-0.3, -0.25) is 43.9 Å². The van der Waals surface area contributed by atoms with Gasteiger partial charge in [-0.05, 0) is 81.5 Å². The Morgan fingerprint density at radius 3 is 2.40 bits per heavy atom. The van der Waals surface area contributed by atoms with Crippen LogP contribution in [0.2, 0.25) is 5.02 Å². The molecule has 4 aliphatic heterocycles. The zero-order valence-corrected chi connectivity index (χ0v) is 33.3. The Morgan fingerprint density at radius 2 is 1.67 bits per heavy atom. The minimum Gasteiger partial charge on any atom is -0.477 e. The summed E-state index contributed by atoms with van der Waals surface area (Å²) in [4.78, 5) is 92.4. The van der Waals surface area contributed by atoms with E-state index >= 15 is 0 Å². The van der Waals surface area contributed by atoms with Crippen molar-refractivity contribution >= 4 is 75.1 Å². The number of nitrogens with one attached hydrogen (secondary N) is 2. The molecule has 0 saturated carbocycles. The van der Waals surface area contributed by atoms with E-state index in [1.54, 1.807) is 38.4 Å². The van der Waals surface area contributed by atoms with Crippen molar-refractivity contribution in [3.63, 3.8) is 0 Å². The maximum atomic E-state index is 13.3. The van der Waals surface area contributed by atoms with E-state index < -0.39 is 35.8 Å². The first kappa shape index (κ1) is 39.0. The molecule has 8 rings (SSSR count). The lowest BCUT2D eigenvalue weighted by molar-refractivity contribution is -0.136. The number of piperazine rings is 1. The van der Waals surface area contributed by atoms with Crippen molar-refractivity contribution in [1.82, 2.24) is 29.7 Å². The minimum absolute atomic E-state index is 0.0816. The van der Waals surface area contributed by atoms with Gasteiger partial charge in [-0.2, -0.15) is 4.98 Å². The molecule has 6 heterocycles. The number of ether oxygens (including phenoxy) is 1. The summed E-state index contributed by atoms with van der Waals surface area (Å²) in [5.41, 5.74) is 2.52. The third-order valence-electron chi connectivity index (χ3n) is 11.6. The number of hydrogen-bond donors (Lipinski definition) is 2. The van der Waals surface area contributed by atoms with Gasteiger partial charge < -0.3 is 24.4 Å². The van der Waals surface area contributed by atoms with Gasteiger partial charge in [0.1, 0.15) is 11.1 Å². The number of carbonyl (C=O) groups excluding carboxylic acids is 5. The van der Waals surface area contributed by atoms with E-state index in [-0.39, 0.29) is 35.5 Å². The average Bonchev–Trinajstić information content (AvgIpc) is 3.46. The fourth-order valence-electron chi connectivity index (χ4n) is 8.15. The van der Waals surface area contributed by atoms with Gasteiger partial charge in [-0.25, -0.2) is 4.98 Å².